The topological polar surface area (TPSA) is 88.3 Å². The molecule has 4 N–H and O–H groups in total. The van der Waals surface area contributed by atoms with Crippen molar-refractivity contribution in [1.82, 2.24) is 10.2 Å². The van der Waals surface area contributed by atoms with Gasteiger partial charge in [0.05, 0.1) is 25.0 Å². The number of guanidine groups is 1. The average molecular weight is 401 g/mol. The highest BCUT2D eigenvalue weighted by Crippen LogP contribution is 2.22. The predicted octanol–water partition coefficient (Wildman–Crippen LogP) is 2.58. The number of nitrogens with one attached hydrogen (secondary N) is 2. The summed E-state index contributed by atoms with van der Waals surface area (Å²) >= 11 is 0. The van der Waals surface area contributed by atoms with Crippen LogP contribution >= 0.6 is 24.0 Å². The van der Waals surface area contributed by atoms with Crippen LogP contribution in [0.5, 0.6) is 5.75 Å². The van der Waals surface area contributed by atoms with Crippen molar-refractivity contribution in [3.05, 3.63) is 41.2 Å². The summed E-state index contributed by atoms with van der Waals surface area (Å²) in [5.41, 5.74) is 9.70. The lowest BCUT2D eigenvalue weighted by Crippen LogP contribution is -2.23. The van der Waals surface area contributed by atoms with Crippen LogP contribution in [-0.4, -0.2) is 23.3 Å². The summed E-state index contributed by atoms with van der Waals surface area (Å²) < 4.78 is 5.25. The van der Waals surface area contributed by atoms with Gasteiger partial charge in [-0.2, -0.15) is 5.10 Å². The van der Waals surface area contributed by atoms with Gasteiger partial charge in [-0.05, 0) is 26.0 Å². The van der Waals surface area contributed by atoms with Crippen LogP contribution < -0.4 is 15.8 Å². The molecule has 6 nitrogen and oxygen atoms in total. The molecular weight excluding hydrogens is 381 g/mol. The molecule has 0 aliphatic heterocycles. The molecule has 2 aromatic rings. The number of aryl methyl sites for hydroxylation is 2. The zero-order valence-electron chi connectivity index (χ0n) is 12.3. The highest BCUT2D eigenvalue weighted by molar-refractivity contribution is 14.0. The standard InChI is InChI=1S/C14H19N5O.HI/c1-9-11(10(2)19-18-9)8-16-14(15)17-12-6-4-5-7-13(12)20-3;/h4-7H,8H2,1-3H3,(H,18,19)(H3,15,16,17);1H. The molecule has 21 heavy (non-hydrogen) atoms. The van der Waals surface area contributed by atoms with E-state index >= 15 is 0 Å². The Bertz CT molecular complexity index is 604. The Labute approximate surface area is 141 Å². The molecule has 0 aliphatic rings. The van der Waals surface area contributed by atoms with Crippen LogP contribution in [0.2, 0.25) is 0 Å². The van der Waals surface area contributed by atoms with Gasteiger partial charge in [-0.25, -0.2) is 4.99 Å². The average Bonchev–Trinajstić information content (AvgIpc) is 2.76. The van der Waals surface area contributed by atoms with E-state index in [1.54, 1.807) is 7.11 Å². The number of H-pyrrole nitrogens is 1. The molecule has 0 bridgehead atoms. The first kappa shape index (κ1) is 17.3. The fourth-order valence-electron chi connectivity index (χ4n) is 1.90. The quantitative estimate of drug-likeness (QED) is 0.418. The number of aliphatic imine (C=N–C) groups is 1. The summed E-state index contributed by atoms with van der Waals surface area (Å²) in [6.45, 7) is 4.40. The number of aromatic nitrogens is 2. The van der Waals surface area contributed by atoms with Crippen molar-refractivity contribution in [1.29, 1.82) is 0 Å². The number of rotatable bonds is 4. The Morgan fingerprint density at radius 1 is 1.38 bits per heavy atom. The number of nitrogens with two attached hydrogens (primary N) is 1. The van der Waals surface area contributed by atoms with Gasteiger partial charge < -0.3 is 15.8 Å². The molecule has 2 rings (SSSR count). The van der Waals surface area contributed by atoms with Gasteiger partial charge in [0.15, 0.2) is 5.96 Å². The number of para-hydroxylation sites is 2. The molecule has 0 saturated heterocycles. The molecule has 1 aromatic carbocycles. The van der Waals surface area contributed by atoms with E-state index in [1.165, 1.54) is 0 Å². The van der Waals surface area contributed by atoms with E-state index in [-0.39, 0.29) is 24.0 Å². The third kappa shape index (κ3) is 4.35. The van der Waals surface area contributed by atoms with Crippen molar-refractivity contribution in [2.75, 3.05) is 12.4 Å². The number of halogens is 1. The summed E-state index contributed by atoms with van der Waals surface area (Å²) in [6.07, 6.45) is 0. The van der Waals surface area contributed by atoms with Crippen LogP contribution in [0.4, 0.5) is 5.69 Å². The number of hydrogen-bond acceptors (Lipinski definition) is 3. The summed E-state index contributed by atoms with van der Waals surface area (Å²) in [5, 5.41) is 10.1. The van der Waals surface area contributed by atoms with Crippen LogP contribution in [0.1, 0.15) is 17.0 Å². The minimum Gasteiger partial charge on any atom is -0.495 e. The second-order valence-electron chi connectivity index (χ2n) is 4.44. The first-order valence-electron chi connectivity index (χ1n) is 6.32. The third-order valence-electron chi connectivity index (χ3n) is 3.06. The van der Waals surface area contributed by atoms with Crippen molar-refractivity contribution in [2.24, 2.45) is 10.7 Å². The fraction of sp³-hybridized carbons (Fsp3) is 0.286. The maximum Gasteiger partial charge on any atom is 0.193 e. The predicted molar refractivity (Wildman–Crippen MR) is 95.4 cm³/mol. The van der Waals surface area contributed by atoms with Gasteiger partial charge >= 0.3 is 0 Å². The first-order valence-corrected chi connectivity index (χ1v) is 6.32. The lowest BCUT2D eigenvalue weighted by Gasteiger charge is -2.10. The summed E-state index contributed by atoms with van der Waals surface area (Å²) in [7, 11) is 1.62. The van der Waals surface area contributed by atoms with Gasteiger partial charge in [0.2, 0.25) is 0 Å². The van der Waals surface area contributed by atoms with Crippen LogP contribution in [0.25, 0.3) is 0 Å². The zero-order valence-corrected chi connectivity index (χ0v) is 14.6. The largest absolute Gasteiger partial charge is 0.495 e. The van der Waals surface area contributed by atoms with Gasteiger partial charge in [-0.1, -0.05) is 12.1 Å². The number of anilines is 1. The lowest BCUT2D eigenvalue weighted by atomic mass is 10.2. The number of aromatic amines is 1. The van der Waals surface area contributed by atoms with Crippen molar-refractivity contribution in [3.8, 4) is 5.75 Å². The molecule has 0 aliphatic carbocycles. The van der Waals surface area contributed by atoms with E-state index in [0.717, 1.165) is 28.4 Å². The van der Waals surface area contributed by atoms with Crippen molar-refractivity contribution < 1.29 is 4.74 Å². The third-order valence-corrected chi connectivity index (χ3v) is 3.06. The molecule has 1 aromatic heterocycles. The molecular formula is C14H20IN5O. The summed E-state index contributed by atoms with van der Waals surface area (Å²) in [4.78, 5) is 4.33. The highest BCUT2D eigenvalue weighted by Gasteiger charge is 2.06. The molecule has 0 saturated carbocycles. The zero-order chi connectivity index (χ0) is 14.5. The van der Waals surface area contributed by atoms with E-state index in [4.69, 9.17) is 10.5 Å². The second-order valence-corrected chi connectivity index (χ2v) is 4.44. The second kappa shape index (κ2) is 7.87. The molecule has 0 unspecified atom stereocenters. The van der Waals surface area contributed by atoms with Gasteiger partial charge in [-0.15, -0.1) is 24.0 Å². The first-order chi connectivity index (χ1) is 9.61. The maximum atomic E-state index is 5.90. The molecule has 114 valence electrons. The molecule has 0 radical (unpaired) electrons. The maximum absolute atomic E-state index is 5.90. The molecule has 0 amide bonds. The van der Waals surface area contributed by atoms with Crippen molar-refractivity contribution in [2.45, 2.75) is 20.4 Å². The van der Waals surface area contributed by atoms with Gasteiger partial charge in [-0.3, -0.25) is 5.10 Å². The van der Waals surface area contributed by atoms with Gasteiger partial charge in [0, 0.05) is 11.3 Å². The monoisotopic (exact) mass is 401 g/mol. The van der Waals surface area contributed by atoms with Crippen LogP contribution in [-0.2, 0) is 6.54 Å². The van der Waals surface area contributed by atoms with Crippen molar-refractivity contribution in [3.63, 3.8) is 0 Å². The SMILES string of the molecule is COc1ccccc1NC(N)=NCc1c(C)n[nH]c1C.I. The van der Waals surface area contributed by atoms with Crippen LogP contribution in [0, 0.1) is 13.8 Å². The molecule has 1 heterocycles. The minimum atomic E-state index is 0. The fourth-order valence-corrected chi connectivity index (χ4v) is 1.90. The Kier molecular flexibility index (Phi) is 6.47. The van der Waals surface area contributed by atoms with Crippen molar-refractivity contribution >= 4 is 35.6 Å². The summed E-state index contributed by atoms with van der Waals surface area (Å²) in [5.74, 6) is 1.07. The number of nitrogens with zero attached hydrogens (tertiary/aromatic N) is 2. The Balaban J connectivity index is 0.00000220. The Morgan fingerprint density at radius 3 is 2.71 bits per heavy atom. The molecule has 7 heteroatoms. The van der Waals surface area contributed by atoms with E-state index in [1.807, 2.05) is 38.1 Å². The highest BCUT2D eigenvalue weighted by atomic mass is 127. The number of methoxy groups -OCH3 is 1. The molecule has 0 atom stereocenters. The Morgan fingerprint density at radius 2 is 2.10 bits per heavy atom. The summed E-state index contributed by atoms with van der Waals surface area (Å²) in [6, 6.07) is 7.55. The Hall–Kier alpha value is -1.77. The number of benzene rings is 1. The lowest BCUT2D eigenvalue weighted by molar-refractivity contribution is 0.417. The van der Waals surface area contributed by atoms with Crippen LogP contribution in [0.3, 0.4) is 0 Å². The number of ether oxygens (including phenoxy) is 1. The van der Waals surface area contributed by atoms with Crippen LogP contribution in [0.15, 0.2) is 29.3 Å². The van der Waals surface area contributed by atoms with Gasteiger partial charge in [0.1, 0.15) is 5.75 Å². The van der Waals surface area contributed by atoms with Gasteiger partial charge in [0.25, 0.3) is 0 Å². The van der Waals surface area contributed by atoms with E-state index in [2.05, 4.69) is 20.5 Å². The smallest absolute Gasteiger partial charge is 0.193 e. The van der Waals surface area contributed by atoms with E-state index in [9.17, 15) is 0 Å². The normalized spacial score (nSPS) is 10.9. The van der Waals surface area contributed by atoms with E-state index < -0.39 is 0 Å². The van der Waals surface area contributed by atoms with E-state index in [0.29, 0.717) is 12.5 Å². The molecule has 0 spiro atoms. The molecule has 0 fully saturated rings. The minimum absolute atomic E-state index is 0. The number of hydrogen-bond donors (Lipinski definition) is 3.